The van der Waals surface area contributed by atoms with Crippen LogP contribution < -0.4 is 0 Å². The number of aliphatic hydroxyl groups excluding tert-OH is 6. The van der Waals surface area contributed by atoms with Gasteiger partial charge in [0.05, 0.1) is 6.61 Å². The summed E-state index contributed by atoms with van der Waals surface area (Å²) in [7, 11) is 0. The Labute approximate surface area is 79.2 Å². The van der Waals surface area contributed by atoms with Gasteiger partial charge in [0.1, 0.15) is 24.4 Å². The summed E-state index contributed by atoms with van der Waals surface area (Å²) in [5.74, 6) is 0. The summed E-state index contributed by atoms with van der Waals surface area (Å²) in [5, 5.41) is 60.9. The first kappa shape index (κ1) is 13.7. The number of hydrogen-bond acceptors (Lipinski definition) is 8. The topological polar surface area (TPSA) is 151 Å². The Balaban J connectivity index is 4.22. The van der Waals surface area contributed by atoms with Gasteiger partial charge in [-0.3, -0.25) is 0 Å². The Morgan fingerprint density at radius 3 is 1.71 bits per heavy atom. The SMILES string of the molecule is OC[C@@H](O)[C@@H](O)[C@H](O)[C@@H](O)C(O)OO. The van der Waals surface area contributed by atoms with Gasteiger partial charge in [-0.15, -0.1) is 0 Å². The van der Waals surface area contributed by atoms with Crippen molar-refractivity contribution < 1.29 is 40.8 Å². The van der Waals surface area contributed by atoms with Gasteiger partial charge in [0.2, 0.25) is 6.29 Å². The van der Waals surface area contributed by atoms with E-state index in [0.29, 0.717) is 0 Å². The number of hydrogen-bond donors (Lipinski definition) is 7. The first-order valence-electron chi connectivity index (χ1n) is 3.77. The van der Waals surface area contributed by atoms with Gasteiger partial charge in [0, 0.05) is 0 Å². The third-order valence-electron chi connectivity index (χ3n) is 1.68. The highest BCUT2D eigenvalue weighted by Crippen LogP contribution is 2.08. The molecule has 5 atom stereocenters. The lowest BCUT2D eigenvalue weighted by Gasteiger charge is -2.26. The summed E-state index contributed by atoms with van der Waals surface area (Å²) in [6, 6.07) is 0. The van der Waals surface area contributed by atoms with E-state index in [1.807, 2.05) is 0 Å². The fourth-order valence-electron chi connectivity index (χ4n) is 0.769. The molecule has 0 rings (SSSR count). The molecule has 0 radical (unpaired) electrons. The highest BCUT2D eigenvalue weighted by molar-refractivity contribution is 4.81. The van der Waals surface area contributed by atoms with E-state index in [-0.39, 0.29) is 0 Å². The number of aliphatic hydroxyl groups is 6. The van der Waals surface area contributed by atoms with Crippen molar-refractivity contribution >= 4 is 0 Å². The van der Waals surface area contributed by atoms with Crippen LogP contribution >= 0.6 is 0 Å². The normalized spacial score (nSPS) is 22.5. The number of rotatable bonds is 6. The smallest absolute Gasteiger partial charge is 0.217 e. The maximum atomic E-state index is 9.07. The molecule has 0 aliphatic carbocycles. The van der Waals surface area contributed by atoms with Crippen LogP contribution in [0.4, 0.5) is 0 Å². The summed E-state index contributed by atoms with van der Waals surface area (Å²) in [4.78, 5) is 3.29. The summed E-state index contributed by atoms with van der Waals surface area (Å²) in [5.41, 5.74) is 0. The zero-order valence-electron chi connectivity index (χ0n) is 7.13. The van der Waals surface area contributed by atoms with Crippen molar-refractivity contribution in [1.82, 2.24) is 0 Å². The zero-order valence-corrected chi connectivity index (χ0v) is 7.13. The molecule has 1 unspecified atom stereocenters. The molecule has 0 amide bonds. The van der Waals surface area contributed by atoms with E-state index in [1.165, 1.54) is 0 Å². The van der Waals surface area contributed by atoms with E-state index in [2.05, 4.69) is 4.89 Å². The van der Waals surface area contributed by atoms with E-state index in [4.69, 9.17) is 35.9 Å². The lowest BCUT2D eigenvalue weighted by molar-refractivity contribution is -0.363. The van der Waals surface area contributed by atoms with Crippen LogP contribution in [0.3, 0.4) is 0 Å². The Morgan fingerprint density at radius 2 is 1.36 bits per heavy atom. The summed E-state index contributed by atoms with van der Waals surface area (Å²) >= 11 is 0. The van der Waals surface area contributed by atoms with Crippen LogP contribution in [0.1, 0.15) is 0 Å². The van der Waals surface area contributed by atoms with Crippen molar-refractivity contribution in [2.75, 3.05) is 6.61 Å². The molecule has 0 fully saturated rings. The summed E-state index contributed by atoms with van der Waals surface area (Å²) in [6.07, 6.45) is -9.66. The van der Waals surface area contributed by atoms with Crippen LogP contribution in [0.2, 0.25) is 0 Å². The van der Waals surface area contributed by atoms with Crippen LogP contribution in [0.15, 0.2) is 0 Å². The molecule has 0 aromatic heterocycles. The average Bonchev–Trinajstić information content (AvgIpc) is 2.23. The van der Waals surface area contributed by atoms with Gasteiger partial charge in [-0.1, -0.05) is 0 Å². The van der Waals surface area contributed by atoms with Crippen molar-refractivity contribution in [3.05, 3.63) is 0 Å². The lowest BCUT2D eigenvalue weighted by Crippen LogP contribution is -2.50. The van der Waals surface area contributed by atoms with Crippen LogP contribution in [-0.2, 0) is 4.89 Å². The maximum absolute atomic E-state index is 9.07. The minimum Gasteiger partial charge on any atom is -0.394 e. The highest BCUT2D eigenvalue weighted by atomic mass is 17.1. The van der Waals surface area contributed by atoms with Gasteiger partial charge in [0.25, 0.3) is 0 Å². The van der Waals surface area contributed by atoms with Crippen molar-refractivity contribution in [1.29, 1.82) is 0 Å². The van der Waals surface area contributed by atoms with Gasteiger partial charge < -0.3 is 30.6 Å². The third kappa shape index (κ3) is 3.44. The maximum Gasteiger partial charge on any atom is 0.217 e. The van der Waals surface area contributed by atoms with Crippen molar-refractivity contribution in [2.24, 2.45) is 0 Å². The van der Waals surface area contributed by atoms with Gasteiger partial charge in [-0.2, -0.15) is 0 Å². The molecule has 0 aromatic rings. The van der Waals surface area contributed by atoms with E-state index in [0.717, 1.165) is 0 Å². The Kier molecular flexibility index (Phi) is 6.08. The Hall–Kier alpha value is -0.320. The molecule has 0 heterocycles. The van der Waals surface area contributed by atoms with E-state index in [1.54, 1.807) is 0 Å². The Morgan fingerprint density at radius 1 is 0.857 bits per heavy atom. The van der Waals surface area contributed by atoms with Gasteiger partial charge in [0.15, 0.2) is 0 Å². The lowest BCUT2D eigenvalue weighted by atomic mass is 10.0. The van der Waals surface area contributed by atoms with Crippen molar-refractivity contribution in [3.8, 4) is 0 Å². The highest BCUT2D eigenvalue weighted by Gasteiger charge is 2.34. The van der Waals surface area contributed by atoms with E-state index in [9.17, 15) is 0 Å². The molecule has 8 nitrogen and oxygen atoms in total. The molecular weight excluding hydrogens is 200 g/mol. The fraction of sp³-hybridized carbons (Fsp3) is 1.00. The van der Waals surface area contributed by atoms with Gasteiger partial charge in [-0.25, -0.2) is 10.1 Å². The largest absolute Gasteiger partial charge is 0.394 e. The second kappa shape index (κ2) is 6.22. The standard InChI is InChI=1S/C6H14O8/c7-1-2(8)3(9)4(10)5(11)6(12)14-13/h2-13H,1H2/t2-,3-,4+,5-,6?/m1/s1. The molecular formula is C6H14O8. The molecule has 0 saturated heterocycles. The summed E-state index contributed by atoms with van der Waals surface area (Å²) in [6.45, 7) is -0.832. The van der Waals surface area contributed by atoms with Crippen LogP contribution in [0, 0.1) is 0 Å². The van der Waals surface area contributed by atoms with Gasteiger partial charge >= 0.3 is 0 Å². The van der Waals surface area contributed by atoms with Crippen LogP contribution in [0.25, 0.3) is 0 Å². The predicted octanol–water partition coefficient (Wildman–Crippen LogP) is -3.77. The molecule has 0 saturated carbocycles. The quantitative estimate of drug-likeness (QED) is 0.135. The van der Waals surface area contributed by atoms with Crippen LogP contribution in [0.5, 0.6) is 0 Å². The molecule has 0 spiro atoms. The van der Waals surface area contributed by atoms with Crippen molar-refractivity contribution in [2.45, 2.75) is 30.7 Å². The average molecular weight is 214 g/mol. The fourth-order valence-corrected chi connectivity index (χ4v) is 0.769. The molecule has 0 bridgehead atoms. The monoisotopic (exact) mass is 214 g/mol. The summed E-state index contributed by atoms with van der Waals surface area (Å²) < 4.78 is 0. The molecule has 86 valence electrons. The van der Waals surface area contributed by atoms with E-state index >= 15 is 0 Å². The molecule has 8 heteroatoms. The second-order valence-corrected chi connectivity index (χ2v) is 2.72. The minimum absolute atomic E-state index is 0.832. The minimum atomic E-state index is -2.12. The molecule has 0 aliphatic heterocycles. The van der Waals surface area contributed by atoms with Crippen molar-refractivity contribution in [3.63, 3.8) is 0 Å². The second-order valence-electron chi connectivity index (χ2n) is 2.72. The van der Waals surface area contributed by atoms with Gasteiger partial charge in [-0.05, 0) is 0 Å². The predicted molar refractivity (Wildman–Crippen MR) is 40.8 cm³/mol. The third-order valence-corrected chi connectivity index (χ3v) is 1.68. The van der Waals surface area contributed by atoms with E-state index < -0.39 is 37.3 Å². The Bertz CT molecular complexity index is 137. The van der Waals surface area contributed by atoms with Crippen LogP contribution in [-0.4, -0.2) is 73.2 Å². The molecule has 0 aromatic carbocycles. The first-order chi connectivity index (χ1) is 6.45. The molecule has 0 aliphatic rings. The zero-order chi connectivity index (χ0) is 11.3. The molecule has 7 N–H and O–H groups in total. The first-order valence-corrected chi connectivity index (χ1v) is 3.77. The molecule has 14 heavy (non-hydrogen) atoms.